The van der Waals surface area contributed by atoms with Crippen LogP contribution in [-0.4, -0.2) is 16.9 Å². The molecule has 2 aromatic carbocycles. The van der Waals surface area contributed by atoms with E-state index in [1.165, 1.54) is 6.07 Å². The lowest BCUT2D eigenvalue weighted by molar-refractivity contribution is 0.0842. The minimum atomic E-state index is -1.25. The molecule has 3 N–H and O–H groups in total. The second kappa shape index (κ2) is 6.52. The molecule has 8 heteroatoms. The molecule has 0 aliphatic heterocycles. The van der Waals surface area contributed by atoms with Crippen molar-refractivity contribution in [1.82, 2.24) is 10.9 Å². The van der Waals surface area contributed by atoms with Crippen LogP contribution in [0.25, 0.3) is 0 Å². The molecule has 0 bridgehead atoms. The third-order valence-electron chi connectivity index (χ3n) is 2.67. The van der Waals surface area contributed by atoms with E-state index in [1.54, 1.807) is 18.2 Å². The van der Waals surface area contributed by atoms with E-state index < -0.39 is 34.8 Å². The van der Waals surface area contributed by atoms with Crippen molar-refractivity contribution in [3.05, 3.63) is 63.6 Å². The highest BCUT2D eigenvalue weighted by Gasteiger charge is 2.19. The Kier molecular flexibility index (Phi) is 4.71. The van der Waals surface area contributed by atoms with E-state index in [0.29, 0.717) is 16.6 Å². The Bertz CT molecular complexity index is 730. The van der Waals surface area contributed by atoms with Gasteiger partial charge in [-0.2, -0.15) is 0 Å². The SMILES string of the molecule is O=C(NNC(=O)c1c(O)cc(F)cc1F)c1ccccc1Br. The van der Waals surface area contributed by atoms with E-state index in [-0.39, 0.29) is 5.56 Å². The quantitative estimate of drug-likeness (QED) is 0.710. The molecule has 0 radical (unpaired) electrons. The van der Waals surface area contributed by atoms with Gasteiger partial charge in [0.25, 0.3) is 11.8 Å². The highest BCUT2D eigenvalue weighted by molar-refractivity contribution is 9.10. The van der Waals surface area contributed by atoms with Gasteiger partial charge in [-0.1, -0.05) is 12.1 Å². The summed E-state index contributed by atoms with van der Waals surface area (Å²) in [5.41, 5.74) is 3.48. The Morgan fingerprint density at radius 2 is 1.68 bits per heavy atom. The predicted octanol–water partition coefficient (Wildman–Crippen LogP) is 2.51. The standard InChI is InChI=1S/C14H9BrF2N2O3/c15-9-4-2-1-3-8(9)13(21)18-19-14(22)12-10(17)5-7(16)6-11(12)20/h1-6,20H,(H,18,21)(H,19,22). The molecule has 0 spiro atoms. The summed E-state index contributed by atoms with van der Waals surface area (Å²) in [6.07, 6.45) is 0. The lowest BCUT2D eigenvalue weighted by atomic mass is 10.1. The summed E-state index contributed by atoms with van der Waals surface area (Å²) in [4.78, 5) is 23.6. The smallest absolute Gasteiger partial charge is 0.276 e. The predicted molar refractivity (Wildman–Crippen MR) is 77.1 cm³/mol. The number of carbonyl (C=O) groups is 2. The average Bonchev–Trinajstić information content (AvgIpc) is 2.44. The molecule has 22 heavy (non-hydrogen) atoms. The lowest BCUT2D eigenvalue weighted by Gasteiger charge is -2.10. The number of amides is 2. The van der Waals surface area contributed by atoms with Crippen molar-refractivity contribution in [2.24, 2.45) is 0 Å². The number of halogens is 3. The fraction of sp³-hybridized carbons (Fsp3) is 0. The molecule has 0 fully saturated rings. The first-order chi connectivity index (χ1) is 10.4. The zero-order valence-corrected chi connectivity index (χ0v) is 12.4. The van der Waals surface area contributed by atoms with Crippen LogP contribution in [0.1, 0.15) is 20.7 Å². The van der Waals surface area contributed by atoms with Gasteiger partial charge in [-0.15, -0.1) is 0 Å². The van der Waals surface area contributed by atoms with Gasteiger partial charge in [0.15, 0.2) is 0 Å². The number of hydrazine groups is 1. The minimum Gasteiger partial charge on any atom is -0.507 e. The van der Waals surface area contributed by atoms with Gasteiger partial charge >= 0.3 is 0 Å². The molecule has 0 atom stereocenters. The molecule has 5 nitrogen and oxygen atoms in total. The Balaban J connectivity index is 2.11. The van der Waals surface area contributed by atoms with E-state index in [4.69, 9.17) is 0 Å². The summed E-state index contributed by atoms with van der Waals surface area (Å²) >= 11 is 3.16. The Morgan fingerprint density at radius 3 is 2.32 bits per heavy atom. The molecule has 2 amide bonds. The van der Waals surface area contributed by atoms with E-state index in [0.717, 1.165) is 0 Å². The zero-order chi connectivity index (χ0) is 16.3. The Labute approximate surface area is 132 Å². The number of carbonyl (C=O) groups excluding carboxylic acids is 2. The molecule has 114 valence electrons. The van der Waals surface area contributed by atoms with Crippen LogP contribution < -0.4 is 10.9 Å². The first-order valence-electron chi connectivity index (χ1n) is 5.93. The fourth-order valence-electron chi connectivity index (χ4n) is 1.67. The second-order valence-electron chi connectivity index (χ2n) is 4.17. The third-order valence-corrected chi connectivity index (χ3v) is 3.36. The maximum Gasteiger partial charge on any atom is 0.276 e. The van der Waals surface area contributed by atoms with Gasteiger partial charge in [0.05, 0.1) is 5.56 Å². The number of aromatic hydroxyl groups is 1. The average molecular weight is 371 g/mol. The van der Waals surface area contributed by atoms with E-state index in [1.807, 2.05) is 5.43 Å². The molecule has 2 rings (SSSR count). The van der Waals surface area contributed by atoms with Gasteiger partial charge < -0.3 is 5.11 Å². The number of nitrogens with one attached hydrogen (secondary N) is 2. The Hall–Kier alpha value is -2.48. The van der Waals surface area contributed by atoms with Gasteiger partial charge in [0.2, 0.25) is 0 Å². The van der Waals surface area contributed by atoms with Crippen LogP contribution >= 0.6 is 15.9 Å². The number of rotatable bonds is 2. The first-order valence-corrected chi connectivity index (χ1v) is 6.72. The molecule has 0 saturated carbocycles. The topological polar surface area (TPSA) is 78.4 Å². The van der Waals surface area contributed by atoms with Crippen molar-refractivity contribution in [2.45, 2.75) is 0 Å². The van der Waals surface area contributed by atoms with Crippen LogP contribution in [0.3, 0.4) is 0 Å². The summed E-state index contributed by atoms with van der Waals surface area (Å²) in [7, 11) is 0. The molecular weight excluding hydrogens is 362 g/mol. The van der Waals surface area contributed by atoms with Crippen molar-refractivity contribution >= 4 is 27.7 Å². The largest absolute Gasteiger partial charge is 0.507 e. The lowest BCUT2D eigenvalue weighted by Crippen LogP contribution is -2.42. The number of benzene rings is 2. The van der Waals surface area contributed by atoms with Crippen LogP contribution in [0.4, 0.5) is 8.78 Å². The number of phenols is 1. The molecule has 2 aromatic rings. The molecule has 0 aliphatic rings. The Morgan fingerprint density at radius 1 is 1.05 bits per heavy atom. The van der Waals surface area contributed by atoms with E-state index in [9.17, 15) is 23.5 Å². The summed E-state index contributed by atoms with van der Waals surface area (Å²) in [6.45, 7) is 0. The van der Waals surface area contributed by atoms with Crippen LogP contribution in [0.2, 0.25) is 0 Å². The van der Waals surface area contributed by atoms with Gasteiger partial charge in [-0.25, -0.2) is 8.78 Å². The normalized spacial score (nSPS) is 10.1. The van der Waals surface area contributed by atoms with Crippen LogP contribution in [-0.2, 0) is 0 Å². The maximum absolute atomic E-state index is 13.5. The van der Waals surface area contributed by atoms with Crippen molar-refractivity contribution in [1.29, 1.82) is 0 Å². The monoisotopic (exact) mass is 370 g/mol. The number of hydrogen-bond acceptors (Lipinski definition) is 3. The fourth-order valence-corrected chi connectivity index (χ4v) is 2.14. The van der Waals surface area contributed by atoms with Gasteiger partial charge in [-0.05, 0) is 28.1 Å². The highest BCUT2D eigenvalue weighted by atomic mass is 79.9. The molecular formula is C14H9BrF2N2O3. The van der Waals surface area contributed by atoms with Crippen LogP contribution in [0.5, 0.6) is 5.75 Å². The van der Waals surface area contributed by atoms with Crippen LogP contribution in [0.15, 0.2) is 40.9 Å². The highest BCUT2D eigenvalue weighted by Crippen LogP contribution is 2.21. The first kappa shape index (κ1) is 15.9. The van der Waals surface area contributed by atoms with E-state index in [2.05, 4.69) is 21.4 Å². The number of hydrogen-bond donors (Lipinski definition) is 3. The third kappa shape index (κ3) is 3.40. The molecule has 0 unspecified atom stereocenters. The molecule has 0 heterocycles. The van der Waals surface area contributed by atoms with Gasteiger partial charge in [0, 0.05) is 16.6 Å². The molecule has 0 aliphatic carbocycles. The van der Waals surface area contributed by atoms with Crippen molar-refractivity contribution in [2.75, 3.05) is 0 Å². The number of phenolic OH excluding ortho intramolecular Hbond substituents is 1. The van der Waals surface area contributed by atoms with Crippen LogP contribution in [0, 0.1) is 11.6 Å². The second-order valence-corrected chi connectivity index (χ2v) is 5.02. The molecule has 0 saturated heterocycles. The van der Waals surface area contributed by atoms with Gasteiger partial charge in [-0.3, -0.25) is 20.4 Å². The zero-order valence-electron chi connectivity index (χ0n) is 10.9. The van der Waals surface area contributed by atoms with Gasteiger partial charge in [0.1, 0.15) is 22.9 Å². The minimum absolute atomic E-state index is 0.242. The molecule has 0 aromatic heterocycles. The summed E-state index contributed by atoms with van der Waals surface area (Å²) in [5.74, 6) is -4.91. The van der Waals surface area contributed by atoms with Crippen molar-refractivity contribution in [3.63, 3.8) is 0 Å². The van der Waals surface area contributed by atoms with Crippen molar-refractivity contribution in [3.8, 4) is 5.75 Å². The van der Waals surface area contributed by atoms with E-state index >= 15 is 0 Å². The van der Waals surface area contributed by atoms with Crippen molar-refractivity contribution < 1.29 is 23.5 Å². The summed E-state index contributed by atoms with van der Waals surface area (Å²) in [6, 6.07) is 7.49. The maximum atomic E-state index is 13.5. The summed E-state index contributed by atoms with van der Waals surface area (Å²) in [5, 5.41) is 9.41. The summed E-state index contributed by atoms with van der Waals surface area (Å²) < 4.78 is 26.8.